The zero-order valence-corrected chi connectivity index (χ0v) is 12.7. The molecule has 5 heteroatoms. The number of carbonyl (C=O) groups excluding carboxylic acids is 1. The van der Waals surface area contributed by atoms with Gasteiger partial charge in [-0.15, -0.1) is 0 Å². The van der Waals surface area contributed by atoms with E-state index in [-0.39, 0.29) is 11.6 Å². The Morgan fingerprint density at radius 3 is 2.48 bits per heavy atom. The fraction of sp³-hybridized carbons (Fsp3) is 0.375. The van der Waals surface area contributed by atoms with Gasteiger partial charge in [-0.25, -0.2) is 9.78 Å². The number of carbonyl (C=O) groups is 1. The Morgan fingerprint density at radius 1 is 1.29 bits per heavy atom. The fourth-order valence-corrected chi connectivity index (χ4v) is 1.95. The minimum Gasteiger partial charge on any atom is -0.494 e. The topological polar surface area (TPSA) is 61.6 Å². The van der Waals surface area contributed by atoms with Crippen molar-refractivity contribution in [2.45, 2.75) is 26.7 Å². The van der Waals surface area contributed by atoms with Gasteiger partial charge >= 0.3 is 5.97 Å². The summed E-state index contributed by atoms with van der Waals surface area (Å²) >= 11 is 0. The van der Waals surface area contributed by atoms with Crippen LogP contribution in [0.1, 0.15) is 42.9 Å². The molecule has 0 spiro atoms. The molecule has 0 aliphatic carbocycles. The molecule has 1 aromatic heterocycles. The minimum atomic E-state index is -0.486. The van der Waals surface area contributed by atoms with Crippen molar-refractivity contribution < 1.29 is 18.7 Å². The zero-order valence-electron chi connectivity index (χ0n) is 12.7. The fourth-order valence-electron chi connectivity index (χ4n) is 1.95. The van der Waals surface area contributed by atoms with E-state index in [4.69, 9.17) is 13.9 Å². The van der Waals surface area contributed by atoms with Gasteiger partial charge in [-0.2, -0.15) is 0 Å². The summed E-state index contributed by atoms with van der Waals surface area (Å²) in [6.07, 6.45) is 0. The lowest BCUT2D eigenvalue weighted by atomic mass is 10.1. The number of aromatic nitrogens is 1. The first-order valence-electron chi connectivity index (χ1n) is 6.89. The maximum atomic E-state index is 11.8. The second-order valence-electron chi connectivity index (χ2n) is 4.84. The lowest BCUT2D eigenvalue weighted by molar-refractivity contribution is 0.0591. The molecule has 0 saturated heterocycles. The van der Waals surface area contributed by atoms with E-state index in [1.54, 1.807) is 0 Å². The van der Waals surface area contributed by atoms with Crippen LogP contribution in [0.25, 0.3) is 11.5 Å². The Morgan fingerprint density at radius 2 is 1.95 bits per heavy atom. The van der Waals surface area contributed by atoms with Crippen LogP contribution in [0.15, 0.2) is 28.7 Å². The number of esters is 1. The molecule has 2 rings (SSSR count). The van der Waals surface area contributed by atoms with Crippen molar-refractivity contribution >= 4 is 5.97 Å². The Kier molecular flexibility index (Phi) is 4.62. The molecule has 0 amide bonds. The van der Waals surface area contributed by atoms with Gasteiger partial charge in [-0.1, -0.05) is 13.8 Å². The largest absolute Gasteiger partial charge is 0.494 e. The van der Waals surface area contributed by atoms with Crippen molar-refractivity contribution in [3.05, 3.63) is 35.7 Å². The van der Waals surface area contributed by atoms with Gasteiger partial charge in [0.25, 0.3) is 0 Å². The third kappa shape index (κ3) is 3.24. The van der Waals surface area contributed by atoms with Crippen LogP contribution in [0.3, 0.4) is 0 Å². The predicted octanol–water partition coefficient (Wildman–Crippen LogP) is 3.65. The summed E-state index contributed by atoms with van der Waals surface area (Å²) in [6, 6.07) is 7.38. The van der Waals surface area contributed by atoms with Crippen molar-refractivity contribution in [1.82, 2.24) is 4.98 Å². The van der Waals surface area contributed by atoms with Crippen molar-refractivity contribution in [3.8, 4) is 17.2 Å². The van der Waals surface area contributed by atoms with E-state index >= 15 is 0 Å². The highest BCUT2D eigenvalue weighted by atomic mass is 16.5. The molecule has 0 unspecified atom stereocenters. The van der Waals surface area contributed by atoms with Crippen LogP contribution in [0.4, 0.5) is 0 Å². The highest BCUT2D eigenvalue weighted by molar-refractivity contribution is 5.89. The van der Waals surface area contributed by atoms with Crippen molar-refractivity contribution in [1.29, 1.82) is 0 Å². The molecular formula is C16H19NO4. The van der Waals surface area contributed by atoms with Gasteiger partial charge in [0.15, 0.2) is 5.69 Å². The Balaban J connectivity index is 2.37. The molecule has 112 valence electrons. The number of oxazole rings is 1. The maximum absolute atomic E-state index is 11.8. The number of ether oxygens (including phenoxy) is 2. The molecule has 0 aliphatic heterocycles. The number of methoxy groups -OCH3 is 1. The first-order chi connectivity index (χ1) is 10.1. The normalized spacial score (nSPS) is 10.7. The smallest absolute Gasteiger partial charge is 0.360 e. The second-order valence-corrected chi connectivity index (χ2v) is 4.84. The Labute approximate surface area is 123 Å². The summed E-state index contributed by atoms with van der Waals surface area (Å²) in [6.45, 7) is 6.42. The highest BCUT2D eigenvalue weighted by Crippen LogP contribution is 2.28. The van der Waals surface area contributed by atoms with E-state index in [0.29, 0.717) is 18.3 Å². The average Bonchev–Trinajstić information content (AvgIpc) is 2.93. The van der Waals surface area contributed by atoms with Crippen molar-refractivity contribution in [2.75, 3.05) is 13.7 Å². The first-order valence-corrected chi connectivity index (χ1v) is 6.89. The van der Waals surface area contributed by atoms with E-state index in [2.05, 4.69) is 4.98 Å². The van der Waals surface area contributed by atoms with Gasteiger partial charge in [0.2, 0.25) is 5.89 Å². The van der Waals surface area contributed by atoms with E-state index in [1.165, 1.54) is 7.11 Å². The van der Waals surface area contributed by atoms with Gasteiger partial charge in [0, 0.05) is 11.5 Å². The molecule has 0 radical (unpaired) electrons. The summed E-state index contributed by atoms with van der Waals surface area (Å²) in [4.78, 5) is 16.0. The number of nitrogens with zero attached hydrogens (tertiary/aromatic N) is 1. The van der Waals surface area contributed by atoms with E-state index in [9.17, 15) is 4.79 Å². The van der Waals surface area contributed by atoms with Gasteiger partial charge in [-0.05, 0) is 31.2 Å². The number of benzene rings is 1. The zero-order chi connectivity index (χ0) is 15.4. The Hall–Kier alpha value is -2.30. The van der Waals surface area contributed by atoms with Gasteiger partial charge < -0.3 is 13.9 Å². The maximum Gasteiger partial charge on any atom is 0.360 e. The molecule has 1 aromatic carbocycles. The molecular weight excluding hydrogens is 270 g/mol. The SMILES string of the molecule is CCOc1ccc(-c2nc(C(=O)OC)c(C(C)C)o2)cc1. The van der Waals surface area contributed by atoms with E-state index < -0.39 is 5.97 Å². The molecule has 2 aromatic rings. The second kappa shape index (κ2) is 6.43. The summed E-state index contributed by atoms with van der Waals surface area (Å²) in [5, 5.41) is 0. The molecule has 1 heterocycles. The number of hydrogen-bond acceptors (Lipinski definition) is 5. The van der Waals surface area contributed by atoms with Gasteiger partial charge in [-0.3, -0.25) is 0 Å². The molecule has 0 atom stereocenters. The van der Waals surface area contributed by atoms with Crippen LogP contribution < -0.4 is 4.74 Å². The summed E-state index contributed by atoms with van der Waals surface area (Å²) in [7, 11) is 1.33. The van der Waals surface area contributed by atoms with Crippen molar-refractivity contribution in [2.24, 2.45) is 0 Å². The predicted molar refractivity (Wildman–Crippen MR) is 78.5 cm³/mol. The van der Waals surface area contributed by atoms with Crippen LogP contribution in [-0.4, -0.2) is 24.7 Å². The van der Waals surface area contributed by atoms with Crippen LogP contribution >= 0.6 is 0 Å². The van der Waals surface area contributed by atoms with E-state index in [1.807, 2.05) is 45.0 Å². The summed E-state index contributed by atoms with van der Waals surface area (Å²) < 4.78 is 15.9. The molecule has 0 fully saturated rings. The monoisotopic (exact) mass is 289 g/mol. The van der Waals surface area contributed by atoms with Crippen molar-refractivity contribution in [3.63, 3.8) is 0 Å². The quantitative estimate of drug-likeness (QED) is 0.786. The minimum absolute atomic E-state index is 0.0445. The number of hydrogen-bond donors (Lipinski definition) is 0. The average molecular weight is 289 g/mol. The molecule has 5 nitrogen and oxygen atoms in total. The molecule has 0 bridgehead atoms. The van der Waals surface area contributed by atoms with Crippen LogP contribution in [0, 0.1) is 0 Å². The summed E-state index contributed by atoms with van der Waals surface area (Å²) in [5.41, 5.74) is 1.02. The van der Waals surface area contributed by atoms with Gasteiger partial charge in [0.1, 0.15) is 11.5 Å². The van der Waals surface area contributed by atoms with Gasteiger partial charge in [0.05, 0.1) is 13.7 Å². The number of rotatable bonds is 5. The third-order valence-electron chi connectivity index (χ3n) is 2.97. The highest BCUT2D eigenvalue weighted by Gasteiger charge is 2.23. The third-order valence-corrected chi connectivity index (χ3v) is 2.97. The first kappa shape index (κ1) is 15.1. The van der Waals surface area contributed by atoms with Crippen LogP contribution in [0.5, 0.6) is 5.75 Å². The summed E-state index contributed by atoms with van der Waals surface area (Å²) in [5.74, 6) is 1.28. The lowest BCUT2D eigenvalue weighted by Crippen LogP contribution is -2.05. The lowest BCUT2D eigenvalue weighted by Gasteiger charge is -2.03. The molecule has 0 N–H and O–H groups in total. The molecule has 0 aliphatic rings. The van der Waals surface area contributed by atoms with E-state index in [0.717, 1.165) is 11.3 Å². The standard InChI is InChI=1S/C16H19NO4/c1-5-20-12-8-6-11(7-9-12)15-17-13(16(18)19-4)14(21-15)10(2)3/h6-10H,5H2,1-4H3. The molecule has 0 saturated carbocycles. The van der Waals surface area contributed by atoms with Crippen LogP contribution in [0.2, 0.25) is 0 Å². The van der Waals surface area contributed by atoms with Crippen LogP contribution in [-0.2, 0) is 4.74 Å². The Bertz CT molecular complexity index is 614. The molecule has 21 heavy (non-hydrogen) atoms.